The molecule has 4 rings (SSSR count). The minimum Gasteiger partial charge on any atom is -0.490 e. The largest absolute Gasteiger partial charge is 0.490 e. The van der Waals surface area contributed by atoms with Gasteiger partial charge in [-0.25, -0.2) is 0 Å². The minimum atomic E-state index is -0.0186. The Morgan fingerprint density at radius 2 is 1.81 bits per heavy atom. The molecule has 3 heterocycles. The summed E-state index contributed by atoms with van der Waals surface area (Å²) in [6.45, 7) is 6.75. The van der Waals surface area contributed by atoms with Crippen LogP contribution in [0.5, 0.6) is 5.75 Å². The number of hydrogen-bond acceptors (Lipinski definition) is 5. The van der Waals surface area contributed by atoms with E-state index in [9.17, 15) is 9.59 Å². The first-order valence-electron chi connectivity index (χ1n) is 11.0. The smallest absolute Gasteiger partial charge is 0.237 e. The molecule has 0 saturated carbocycles. The number of benzene rings is 1. The highest BCUT2D eigenvalue weighted by atomic mass is 16.5. The molecule has 0 radical (unpaired) electrons. The van der Waals surface area contributed by atoms with E-state index in [2.05, 4.69) is 10.3 Å². The van der Waals surface area contributed by atoms with Gasteiger partial charge in [-0.15, -0.1) is 0 Å². The number of aromatic nitrogens is 1. The molecule has 7 heteroatoms. The van der Waals surface area contributed by atoms with Gasteiger partial charge in [0, 0.05) is 56.8 Å². The second-order valence-corrected chi connectivity index (χ2v) is 8.53. The lowest BCUT2D eigenvalue weighted by Gasteiger charge is -2.33. The SMILES string of the molecule is CC(C)C(=O)N1CCC(Oc2ccc(N(C(=O)C3CNC3)c3cccnc3)cc2)CC1. The van der Waals surface area contributed by atoms with Crippen LogP contribution in [0.15, 0.2) is 48.8 Å². The number of hydrogen-bond donors (Lipinski definition) is 1. The van der Waals surface area contributed by atoms with Crippen LogP contribution in [0.3, 0.4) is 0 Å². The highest BCUT2D eigenvalue weighted by Gasteiger charge is 2.31. The van der Waals surface area contributed by atoms with Crippen molar-refractivity contribution in [3.05, 3.63) is 48.8 Å². The van der Waals surface area contributed by atoms with Gasteiger partial charge in [0.2, 0.25) is 11.8 Å². The maximum absolute atomic E-state index is 13.1. The Labute approximate surface area is 183 Å². The van der Waals surface area contributed by atoms with Gasteiger partial charge in [0.15, 0.2) is 0 Å². The maximum atomic E-state index is 13.1. The van der Waals surface area contributed by atoms with E-state index in [1.54, 1.807) is 17.3 Å². The zero-order valence-electron chi connectivity index (χ0n) is 18.2. The summed E-state index contributed by atoms with van der Waals surface area (Å²) in [4.78, 5) is 33.1. The molecular formula is C24H30N4O3. The highest BCUT2D eigenvalue weighted by Crippen LogP contribution is 2.30. The summed E-state index contributed by atoms with van der Waals surface area (Å²) in [5, 5.41) is 3.16. The first-order chi connectivity index (χ1) is 15.0. The fourth-order valence-electron chi connectivity index (χ4n) is 3.96. The number of rotatable bonds is 6. The maximum Gasteiger partial charge on any atom is 0.237 e. The fraction of sp³-hybridized carbons (Fsp3) is 0.458. The third kappa shape index (κ3) is 4.88. The molecule has 0 bridgehead atoms. The molecule has 2 amide bonds. The molecule has 1 aromatic heterocycles. The topological polar surface area (TPSA) is 74.8 Å². The van der Waals surface area contributed by atoms with E-state index in [1.807, 2.05) is 55.1 Å². The van der Waals surface area contributed by atoms with Crippen LogP contribution in [-0.2, 0) is 9.59 Å². The second kappa shape index (κ2) is 9.47. The van der Waals surface area contributed by atoms with E-state index in [-0.39, 0.29) is 29.8 Å². The molecule has 164 valence electrons. The highest BCUT2D eigenvalue weighted by molar-refractivity contribution is 6.02. The van der Waals surface area contributed by atoms with Crippen molar-refractivity contribution < 1.29 is 14.3 Å². The van der Waals surface area contributed by atoms with Gasteiger partial charge < -0.3 is 15.0 Å². The second-order valence-electron chi connectivity index (χ2n) is 8.53. The number of carbonyl (C=O) groups excluding carboxylic acids is 2. The van der Waals surface area contributed by atoms with Gasteiger partial charge in [0.25, 0.3) is 0 Å². The molecule has 31 heavy (non-hydrogen) atoms. The molecule has 0 unspecified atom stereocenters. The first kappa shape index (κ1) is 21.3. The number of likely N-dealkylation sites (tertiary alicyclic amines) is 1. The van der Waals surface area contributed by atoms with Gasteiger partial charge in [-0.1, -0.05) is 13.8 Å². The predicted octanol–water partition coefficient (Wildman–Crippen LogP) is 2.99. The Balaban J connectivity index is 1.42. The lowest BCUT2D eigenvalue weighted by Crippen LogP contribution is -2.51. The number of nitrogens with one attached hydrogen (secondary N) is 1. The van der Waals surface area contributed by atoms with Crippen LogP contribution in [0.25, 0.3) is 0 Å². The molecule has 0 atom stereocenters. The molecule has 1 aromatic carbocycles. The van der Waals surface area contributed by atoms with Crippen molar-refractivity contribution in [2.45, 2.75) is 32.8 Å². The van der Waals surface area contributed by atoms with Crippen LogP contribution in [0.4, 0.5) is 11.4 Å². The zero-order chi connectivity index (χ0) is 21.8. The van der Waals surface area contributed by atoms with Crippen molar-refractivity contribution in [2.24, 2.45) is 11.8 Å². The van der Waals surface area contributed by atoms with Gasteiger partial charge in [-0.2, -0.15) is 0 Å². The van der Waals surface area contributed by atoms with E-state index < -0.39 is 0 Å². The molecule has 0 aliphatic carbocycles. The summed E-state index contributed by atoms with van der Waals surface area (Å²) >= 11 is 0. The van der Waals surface area contributed by atoms with Crippen LogP contribution >= 0.6 is 0 Å². The van der Waals surface area contributed by atoms with Gasteiger partial charge in [-0.05, 0) is 36.4 Å². The fourth-order valence-corrected chi connectivity index (χ4v) is 3.96. The Bertz CT molecular complexity index is 889. The number of anilines is 2. The quantitative estimate of drug-likeness (QED) is 0.775. The summed E-state index contributed by atoms with van der Waals surface area (Å²) in [5.74, 6) is 1.08. The first-order valence-corrected chi connectivity index (χ1v) is 11.0. The minimum absolute atomic E-state index is 0.0186. The van der Waals surface area contributed by atoms with Gasteiger partial charge in [0.1, 0.15) is 11.9 Å². The van der Waals surface area contributed by atoms with Crippen molar-refractivity contribution in [1.82, 2.24) is 15.2 Å². The van der Waals surface area contributed by atoms with Crippen molar-refractivity contribution >= 4 is 23.2 Å². The predicted molar refractivity (Wildman–Crippen MR) is 119 cm³/mol. The number of pyridine rings is 1. The molecule has 2 aromatic rings. The number of ether oxygens (including phenoxy) is 1. The lowest BCUT2D eigenvalue weighted by atomic mass is 10.0. The Kier molecular flexibility index (Phi) is 6.51. The standard InChI is InChI=1S/C24H30N4O3/c1-17(2)23(29)27-12-9-22(10-13-27)31-21-7-5-19(6-8-21)28(20-4-3-11-25-16-20)24(30)18-14-26-15-18/h3-8,11,16-18,22,26H,9-10,12-15H2,1-2H3. The van der Waals surface area contributed by atoms with Crippen LogP contribution < -0.4 is 15.0 Å². The van der Waals surface area contributed by atoms with Crippen molar-refractivity contribution in [3.8, 4) is 5.75 Å². The van der Waals surface area contributed by atoms with Gasteiger partial charge in [0.05, 0.1) is 17.8 Å². The average molecular weight is 423 g/mol. The number of nitrogens with zero attached hydrogens (tertiary/aromatic N) is 3. The third-order valence-corrected chi connectivity index (χ3v) is 5.90. The summed E-state index contributed by atoms with van der Waals surface area (Å²) in [6, 6.07) is 11.4. The van der Waals surface area contributed by atoms with Crippen LogP contribution in [0.1, 0.15) is 26.7 Å². The zero-order valence-corrected chi connectivity index (χ0v) is 18.2. The van der Waals surface area contributed by atoms with Gasteiger partial charge in [-0.3, -0.25) is 19.5 Å². The molecule has 0 spiro atoms. The van der Waals surface area contributed by atoms with E-state index in [0.29, 0.717) is 13.1 Å². The van der Waals surface area contributed by atoms with Crippen LogP contribution in [-0.4, -0.2) is 54.0 Å². The van der Waals surface area contributed by atoms with E-state index in [0.717, 1.165) is 43.1 Å². The molecular weight excluding hydrogens is 392 g/mol. The van der Waals surface area contributed by atoms with E-state index in [1.165, 1.54) is 0 Å². The normalized spacial score (nSPS) is 17.3. The summed E-state index contributed by atoms with van der Waals surface area (Å²) in [5.41, 5.74) is 1.56. The monoisotopic (exact) mass is 422 g/mol. The third-order valence-electron chi connectivity index (χ3n) is 5.90. The molecule has 2 fully saturated rings. The Hall–Kier alpha value is -2.93. The van der Waals surface area contributed by atoms with Crippen molar-refractivity contribution in [3.63, 3.8) is 0 Å². The molecule has 2 saturated heterocycles. The summed E-state index contributed by atoms with van der Waals surface area (Å²) in [7, 11) is 0. The molecule has 2 aliphatic rings. The molecule has 2 aliphatic heterocycles. The van der Waals surface area contributed by atoms with Crippen LogP contribution in [0, 0.1) is 11.8 Å². The number of amides is 2. The van der Waals surface area contributed by atoms with Crippen molar-refractivity contribution in [2.75, 3.05) is 31.1 Å². The molecule has 1 N–H and O–H groups in total. The number of carbonyl (C=O) groups is 2. The summed E-state index contributed by atoms with van der Waals surface area (Å²) in [6.07, 6.45) is 5.16. The summed E-state index contributed by atoms with van der Waals surface area (Å²) < 4.78 is 6.16. The van der Waals surface area contributed by atoms with Crippen LogP contribution in [0.2, 0.25) is 0 Å². The molecule has 7 nitrogen and oxygen atoms in total. The van der Waals surface area contributed by atoms with Gasteiger partial charge >= 0.3 is 0 Å². The van der Waals surface area contributed by atoms with Crippen molar-refractivity contribution in [1.29, 1.82) is 0 Å². The Morgan fingerprint density at radius 1 is 1.10 bits per heavy atom. The average Bonchev–Trinajstić information content (AvgIpc) is 2.75. The van der Waals surface area contributed by atoms with E-state index >= 15 is 0 Å². The van der Waals surface area contributed by atoms with E-state index in [4.69, 9.17) is 4.74 Å². The Morgan fingerprint density at radius 3 is 2.35 bits per heavy atom. The lowest BCUT2D eigenvalue weighted by molar-refractivity contribution is -0.136. The number of piperidine rings is 1.